The molecule has 19 heavy (non-hydrogen) atoms. The summed E-state index contributed by atoms with van der Waals surface area (Å²) in [5, 5.41) is 0. The van der Waals surface area contributed by atoms with Gasteiger partial charge in [0.1, 0.15) is 5.75 Å². The molecule has 1 aromatic rings. The lowest BCUT2D eigenvalue weighted by Crippen LogP contribution is -2.33. The molecule has 1 N–H and O–H groups in total. The third kappa shape index (κ3) is 3.61. The van der Waals surface area contributed by atoms with E-state index >= 15 is 0 Å². The van der Waals surface area contributed by atoms with Gasteiger partial charge in [-0.25, -0.2) is 0 Å². The normalized spacial score (nSPS) is 16.8. The molecule has 1 heterocycles. The third-order valence-corrected chi connectivity index (χ3v) is 4.42. The molecule has 0 atom stereocenters. The maximum Gasteiger partial charge on any atom is 0.301 e. The molecule has 0 radical (unpaired) electrons. The fourth-order valence-electron chi connectivity index (χ4n) is 2.04. The molecule has 0 aliphatic carbocycles. The number of nitrogens with one attached hydrogen (secondary N) is 1. The second-order valence-corrected chi connectivity index (χ2v) is 6.55. The Labute approximate surface area is 114 Å². The average Bonchev–Trinajstić information content (AvgIpc) is 2.85. The van der Waals surface area contributed by atoms with E-state index in [4.69, 9.17) is 4.74 Å². The zero-order chi connectivity index (χ0) is 13.9. The number of benzene rings is 1. The van der Waals surface area contributed by atoms with Crippen LogP contribution in [-0.2, 0) is 10.2 Å². The second-order valence-electron chi connectivity index (χ2n) is 4.88. The quantitative estimate of drug-likeness (QED) is 0.902. The van der Waals surface area contributed by atoms with E-state index in [1.807, 2.05) is 19.9 Å². The van der Waals surface area contributed by atoms with Crippen LogP contribution in [0.2, 0.25) is 0 Å². The first kappa shape index (κ1) is 14.1. The molecule has 1 aromatic carbocycles. The predicted molar refractivity (Wildman–Crippen MR) is 75.6 cm³/mol. The number of hydrogen-bond donors (Lipinski definition) is 1. The van der Waals surface area contributed by atoms with Gasteiger partial charge in [-0.3, -0.25) is 4.72 Å². The highest BCUT2D eigenvalue weighted by Gasteiger charge is 2.25. The van der Waals surface area contributed by atoms with E-state index in [0.717, 1.165) is 12.8 Å². The van der Waals surface area contributed by atoms with E-state index < -0.39 is 10.2 Å². The third-order valence-electron chi connectivity index (χ3n) is 2.89. The molecule has 1 aliphatic heterocycles. The van der Waals surface area contributed by atoms with Gasteiger partial charge in [-0.15, -0.1) is 0 Å². The van der Waals surface area contributed by atoms with Gasteiger partial charge in [0, 0.05) is 13.1 Å². The largest absolute Gasteiger partial charge is 0.489 e. The molecule has 0 bridgehead atoms. The van der Waals surface area contributed by atoms with Crippen LogP contribution in [0.25, 0.3) is 0 Å². The number of para-hydroxylation sites is 2. The number of rotatable bonds is 5. The number of ether oxygens (including phenoxy) is 1. The minimum atomic E-state index is -3.47. The van der Waals surface area contributed by atoms with Crippen LogP contribution in [0.4, 0.5) is 5.69 Å². The Kier molecular flexibility index (Phi) is 4.31. The summed E-state index contributed by atoms with van der Waals surface area (Å²) in [6.45, 7) is 4.99. The molecule has 0 unspecified atom stereocenters. The lowest BCUT2D eigenvalue weighted by atomic mass is 10.3. The number of nitrogens with zero attached hydrogens (tertiary/aromatic N) is 1. The van der Waals surface area contributed by atoms with E-state index in [-0.39, 0.29) is 6.10 Å². The fraction of sp³-hybridized carbons (Fsp3) is 0.538. The van der Waals surface area contributed by atoms with Gasteiger partial charge in [-0.1, -0.05) is 12.1 Å². The van der Waals surface area contributed by atoms with Gasteiger partial charge in [-0.2, -0.15) is 12.7 Å². The van der Waals surface area contributed by atoms with Gasteiger partial charge < -0.3 is 4.74 Å². The van der Waals surface area contributed by atoms with Crippen molar-refractivity contribution in [2.45, 2.75) is 32.8 Å². The molecule has 0 saturated carbocycles. The summed E-state index contributed by atoms with van der Waals surface area (Å²) in [7, 11) is -3.47. The van der Waals surface area contributed by atoms with E-state index in [0.29, 0.717) is 24.5 Å². The van der Waals surface area contributed by atoms with Crippen molar-refractivity contribution in [1.82, 2.24) is 4.31 Å². The van der Waals surface area contributed by atoms with Crippen LogP contribution in [0.3, 0.4) is 0 Å². The maximum atomic E-state index is 12.2. The molecule has 106 valence electrons. The molecule has 1 aliphatic rings. The SMILES string of the molecule is CC(C)Oc1ccccc1NS(=O)(=O)N1CCCC1. The van der Waals surface area contributed by atoms with Crippen LogP contribution >= 0.6 is 0 Å². The Morgan fingerprint density at radius 1 is 1.21 bits per heavy atom. The van der Waals surface area contributed by atoms with Crippen molar-refractivity contribution in [3.05, 3.63) is 24.3 Å². The minimum Gasteiger partial charge on any atom is -0.489 e. The van der Waals surface area contributed by atoms with Gasteiger partial charge in [0.05, 0.1) is 11.8 Å². The summed E-state index contributed by atoms with van der Waals surface area (Å²) >= 11 is 0. The van der Waals surface area contributed by atoms with Crippen molar-refractivity contribution in [2.75, 3.05) is 17.8 Å². The highest BCUT2D eigenvalue weighted by atomic mass is 32.2. The van der Waals surface area contributed by atoms with Crippen molar-refractivity contribution >= 4 is 15.9 Å². The molecule has 0 aromatic heterocycles. The smallest absolute Gasteiger partial charge is 0.301 e. The minimum absolute atomic E-state index is 0.00237. The van der Waals surface area contributed by atoms with E-state index in [2.05, 4.69) is 4.72 Å². The van der Waals surface area contributed by atoms with Crippen molar-refractivity contribution < 1.29 is 13.2 Å². The van der Waals surface area contributed by atoms with Crippen molar-refractivity contribution in [3.63, 3.8) is 0 Å². The zero-order valence-electron chi connectivity index (χ0n) is 11.3. The number of hydrogen-bond acceptors (Lipinski definition) is 3. The first-order valence-electron chi connectivity index (χ1n) is 6.52. The van der Waals surface area contributed by atoms with Crippen molar-refractivity contribution in [3.8, 4) is 5.75 Å². The molecular formula is C13H20N2O3S. The summed E-state index contributed by atoms with van der Waals surface area (Å²) in [5.74, 6) is 0.556. The molecule has 1 saturated heterocycles. The van der Waals surface area contributed by atoms with Gasteiger partial charge in [0.2, 0.25) is 0 Å². The maximum absolute atomic E-state index is 12.2. The summed E-state index contributed by atoms with van der Waals surface area (Å²) in [4.78, 5) is 0. The molecule has 0 spiro atoms. The van der Waals surface area contributed by atoms with E-state index in [1.165, 1.54) is 4.31 Å². The van der Waals surface area contributed by atoms with Crippen LogP contribution in [-0.4, -0.2) is 31.9 Å². The summed E-state index contributed by atoms with van der Waals surface area (Å²) in [5.41, 5.74) is 0.489. The highest BCUT2D eigenvalue weighted by molar-refractivity contribution is 7.90. The van der Waals surface area contributed by atoms with Gasteiger partial charge >= 0.3 is 10.2 Å². The standard InChI is InChI=1S/C13H20N2O3S/c1-11(2)18-13-8-4-3-7-12(13)14-19(16,17)15-9-5-6-10-15/h3-4,7-8,11,14H,5-6,9-10H2,1-2H3. The number of anilines is 1. The van der Waals surface area contributed by atoms with Crippen LogP contribution in [0.5, 0.6) is 5.75 Å². The lowest BCUT2D eigenvalue weighted by Gasteiger charge is -2.19. The molecule has 1 fully saturated rings. The van der Waals surface area contributed by atoms with Crippen LogP contribution in [0.1, 0.15) is 26.7 Å². The Hall–Kier alpha value is -1.27. The molecular weight excluding hydrogens is 264 g/mol. The summed E-state index contributed by atoms with van der Waals surface area (Å²) in [6.07, 6.45) is 1.84. The van der Waals surface area contributed by atoms with Crippen LogP contribution in [0.15, 0.2) is 24.3 Å². The second kappa shape index (κ2) is 5.79. The van der Waals surface area contributed by atoms with Crippen LogP contribution in [0, 0.1) is 0 Å². The van der Waals surface area contributed by atoms with Crippen molar-refractivity contribution in [1.29, 1.82) is 0 Å². The molecule has 5 nitrogen and oxygen atoms in total. The first-order chi connectivity index (χ1) is 8.99. The first-order valence-corrected chi connectivity index (χ1v) is 7.96. The summed E-state index contributed by atoms with van der Waals surface area (Å²) < 4.78 is 34.1. The van der Waals surface area contributed by atoms with Gasteiger partial charge in [0.25, 0.3) is 0 Å². The Morgan fingerprint density at radius 2 is 1.84 bits per heavy atom. The molecule has 2 rings (SSSR count). The topological polar surface area (TPSA) is 58.6 Å². The highest BCUT2D eigenvalue weighted by Crippen LogP contribution is 2.27. The van der Waals surface area contributed by atoms with Crippen molar-refractivity contribution in [2.24, 2.45) is 0 Å². The van der Waals surface area contributed by atoms with Gasteiger partial charge in [-0.05, 0) is 38.8 Å². The fourth-order valence-corrected chi connectivity index (χ4v) is 3.35. The lowest BCUT2D eigenvalue weighted by molar-refractivity contribution is 0.244. The monoisotopic (exact) mass is 284 g/mol. The van der Waals surface area contributed by atoms with E-state index in [9.17, 15) is 8.42 Å². The summed E-state index contributed by atoms with van der Waals surface area (Å²) in [6, 6.07) is 7.09. The predicted octanol–water partition coefficient (Wildman–Crippen LogP) is 2.23. The Balaban J connectivity index is 2.18. The zero-order valence-corrected chi connectivity index (χ0v) is 12.1. The van der Waals surface area contributed by atoms with E-state index in [1.54, 1.807) is 18.2 Å². The van der Waals surface area contributed by atoms with Gasteiger partial charge in [0.15, 0.2) is 0 Å². The molecule has 6 heteroatoms. The average molecular weight is 284 g/mol. The molecule has 0 amide bonds. The van der Waals surface area contributed by atoms with Crippen LogP contribution < -0.4 is 9.46 Å². The Bertz CT molecular complexity index is 522. The Morgan fingerprint density at radius 3 is 2.47 bits per heavy atom.